The van der Waals surface area contributed by atoms with Crippen molar-refractivity contribution in [1.82, 2.24) is 20.2 Å². The fraction of sp³-hybridized carbons (Fsp3) is 0.387. The fourth-order valence-corrected chi connectivity index (χ4v) is 6.44. The van der Waals surface area contributed by atoms with Gasteiger partial charge < -0.3 is 19.7 Å². The maximum atomic E-state index is 6.32. The van der Waals surface area contributed by atoms with Crippen molar-refractivity contribution in [3.63, 3.8) is 0 Å². The van der Waals surface area contributed by atoms with Gasteiger partial charge in [-0.3, -0.25) is 0 Å². The number of tetrazole rings is 1. The molecule has 3 aromatic carbocycles. The lowest BCUT2D eigenvalue weighted by molar-refractivity contribution is -0.901. The minimum absolute atomic E-state index is 0.0285. The number of benzene rings is 3. The van der Waals surface area contributed by atoms with E-state index in [1.165, 1.54) is 48.2 Å². The molecule has 0 spiro atoms. The number of ether oxygens (including phenoxy) is 2. The predicted molar refractivity (Wildman–Crippen MR) is 147 cm³/mol. The van der Waals surface area contributed by atoms with Crippen molar-refractivity contribution in [2.75, 3.05) is 26.3 Å². The molecule has 3 aliphatic heterocycles. The van der Waals surface area contributed by atoms with Crippen LogP contribution in [-0.2, 0) is 22.6 Å². The Morgan fingerprint density at radius 1 is 0.795 bits per heavy atom. The molecule has 200 valence electrons. The van der Waals surface area contributed by atoms with Gasteiger partial charge in [0.1, 0.15) is 44.0 Å². The first-order valence-electron chi connectivity index (χ1n) is 14.2. The molecule has 0 amide bonds. The van der Waals surface area contributed by atoms with Crippen molar-refractivity contribution >= 4 is 0 Å². The minimum Gasteiger partial charge on any atom is -0.367 e. The Kier molecular flexibility index (Phi) is 6.92. The number of aromatic nitrogens is 4. The van der Waals surface area contributed by atoms with Gasteiger partial charge in [0.05, 0.1) is 19.7 Å². The van der Waals surface area contributed by atoms with E-state index in [1.54, 1.807) is 4.90 Å². The zero-order chi connectivity index (χ0) is 26.0. The monoisotopic (exact) mass is 524 g/mol. The van der Waals surface area contributed by atoms with E-state index in [0.717, 1.165) is 24.5 Å². The van der Waals surface area contributed by atoms with Crippen LogP contribution >= 0.6 is 0 Å². The first-order chi connectivity index (χ1) is 19.3. The third-order valence-electron chi connectivity index (χ3n) is 8.54. The number of quaternary nitrogens is 2. The maximum Gasteiger partial charge on any atom is 0.182 e. The Morgan fingerprint density at radius 3 is 2.41 bits per heavy atom. The Balaban J connectivity index is 1.00. The van der Waals surface area contributed by atoms with E-state index < -0.39 is 0 Å². The molecule has 1 aromatic heterocycles. The molecule has 3 aliphatic rings. The highest BCUT2D eigenvalue weighted by Crippen LogP contribution is 2.35. The smallest absolute Gasteiger partial charge is 0.182 e. The Labute approximate surface area is 228 Å². The predicted octanol–water partition coefficient (Wildman–Crippen LogP) is 1.66. The number of rotatable bonds is 8. The van der Waals surface area contributed by atoms with Crippen LogP contribution in [0.25, 0.3) is 22.5 Å². The van der Waals surface area contributed by atoms with Crippen molar-refractivity contribution in [1.29, 1.82) is 0 Å². The second-order valence-electron chi connectivity index (χ2n) is 11.1. The Morgan fingerprint density at radius 2 is 1.56 bits per heavy atom. The molecule has 7 rings (SSSR count). The van der Waals surface area contributed by atoms with Crippen molar-refractivity contribution in [2.45, 2.75) is 50.2 Å². The molecule has 0 unspecified atom stereocenters. The average Bonchev–Trinajstić information content (AvgIpc) is 3.79. The molecule has 3 N–H and O–H groups in total. The largest absolute Gasteiger partial charge is 0.367 e. The molecule has 8 heteroatoms. The van der Waals surface area contributed by atoms with Crippen LogP contribution in [0.5, 0.6) is 0 Å². The van der Waals surface area contributed by atoms with Crippen molar-refractivity contribution in [2.24, 2.45) is 0 Å². The number of nitrogens with one attached hydrogen (secondary N) is 1. The van der Waals surface area contributed by atoms with Gasteiger partial charge >= 0.3 is 0 Å². The molecule has 4 aromatic rings. The summed E-state index contributed by atoms with van der Waals surface area (Å²) in [6, 6.07) is 28.3. The van der Waals surface area contributed by atoms with Crippen molar-refractivity contribution in [3.05, 3.63) is 90.0 Å². The van der Waals surface area contributed by atoms with Crippen LogP contribution in [0.2, 0.25) is 0 Å². The van der Waals surface area contributed by atoms with Gasteiger partial charge in [-0.15, -0.1) is 5.10 Å². The van der Waals surface area contributed by atoms with Crippen LogP contribution < -0.4 is 10.2 Å². The van der Waals surface area contributed by atoms with Gasteiger partial charge in [0.25, 0.3) is 0 Å². The molecular formula is C31H36N6O2+2. The summed E-state index contributed by atoms with van der Waals surface area (Å²) in [5.74, 6) is 0.789. The third kappa shape index (κ3) is 5.13. The Bertz CT molecular complexity index is 1390. The lowest BCUT2D eigenvalue weighted by Crippen LogP contribution is -3.08. The Hall–Kier alpha value is -3.43. The average molecular weight is 525 g/mol. The number of nitrogens with zero attached hydrogens (tertiary/aromatic N) is 4. The molecule has 3 saturated heterocycles. The van der Waals surface area contributed by atoms with E-state index in [9.17, 15) is 0 Å². The molecule has 8 nitrogen and oxygen atoms in total. The second-order valence-corrected chi connectivity index (χ2v) is 11.1. The number of fused-ring (bicyclic) bond motifs is 1. The number of hydrogen-bond acceptors (Lipinski definition) is 5. The van der Waals surface area contributed by atoms with Gasteiger partial charge in [-0.2, -0.15) is 0 Å². The highest BCUT2D eigenvalue weighted by atomic mass is 16.6. The molecule has 39 heavy (non-hydrogen) atoms. The highest BCUT2D eigenvalue weighted by Gasteiger charge is 2.51. The number of nitrogens with two attached hydrogens (primary N) is 1. The SMILES string of the molecule is c1ccc(-c2ccc(C[NH2+][C@H]3CO[C@H]4[C@@H]3OC[C@@H]4n3nnnc3-c3cccc(C[NH+]4CCCC4)c3)cc2)cc1. The summed E-state index contributed by atoms with van der Waals surface area (Å²) in [4.78, 5) is 1.66. The first kappa shape index (κ1) is 24.6. The quantitative estimate of drug-likeness (QED) is 0.366. The molecule has 0 saturated carbocycles. The molecule has 0 radical (unpaired) electrons. The van der Waals surface area contributed by atoms with Gasteiger partial charge in [-0.25, -0.2) is 4.68 Å². The summed E-state index contributed by atoms with van der Waals surface area (Å²) in [6.07, 6.45) is 2.64. The van der Waals surface area contributed by atoms with Crippen LogP contribution in [0.15, 0.2) is 78.9 Å². The minimum atomic E-state index is -0.0498. The third-order valence-corrected chi connectivity index (χ3v) is 8.54. The van der Waals surface area contributed by atoms with Crippen LogP contribution in [0, 0.1) is 0 Å². The standard InChI is InChI=1S/C31H34N6O2/c1-2-8-24(9-3-1)25-13-11-22(12-14-25)18-32-27-20-38-30-28(21-39-29(27)30)37-31(33-34-35-37)26-10-6-7-23(17-26)19-36-15-4-5-16-36/h1-3,6-14,17,27-30,32H,4-5,15-16,18-21H2/p+2/t27-,28-,29+,30+/m0/s1. The topological polar surface area (TPSA) is 83.1 Å². The van der Waals surface area contributed by atoms with E-state index >= 15 is 0 Å². The van der Waals surface area contributed by atoms with E-state index in [4.69, 9.17) is 9.47 Å². The summed E-state index contributed by atoms with van der Waals surface area (Å²) >= 11 is 0. The first-order valence-corrected chi connectivity index (χ1v) is 14.2. The van der Waals surface area contributed by atoms with Crippen molar-refractivity contribution < 1.29 is 19.7 Å². The van der Waals surface area contributed by atoms with Gasteiger partial charge in [-0.1, -0.05) is 72.8 Å². The molecule has 4 heterocycles. The molecule has 0 aliphatic carbocycles. The number of likely N-dealkylation sites (tertiary alicyclic amines) is 1. The number of hydrogen-bond donors (Lipinski definition) is 2. The van der Waals surface area contributed by atoms with Gasteiger partial charge in [-0.05, 0) is 27.6 Å². The summed E-state index contributed by atoms with van der Waals surface area (Å²) in [7, 11) is 0. The lowest BCUT2D eigenvalue weighted by Gasteiger charge is -2.17. The van der Waals surface area contributed by atoms with Crippen LogP contribution in [0.1, 0.15) is 30.0 Å². The van der Waals surface area contributed by atoms with Gasteiger partial charge in [0, 0.05) is 29.5 Å². The maximum absolute atomic E-state index is 6.32. The lowest BCUT2D eigenvalue weighted by atomic mass is 10.0. The molecular weight excluding hydrogens is 488 g/mol. The van der Waals surface area contributed by atoms with Gasteiger partial charge in [0.15, 0.2) is 5.82 Å². The molecule has 3 fully saturated rings. The normalized spacial score (nSPS) is 24.8. The highest BCUT2D eigenvalue weighted by molar-refractivity contribution is 5.63. The van der Waals surface area contributed by atoms with Gasteiger partial charge in [0.2, 0.25) is 0 Å². The van der Waals surface area contributed by atoms with E-state index in [0.29, 0.717) is 13.2 Å². The zero-order valence-corrected chi connectivity index (χ0v) is 22.2. The van der Waals surface area contributed by atoms with Crippen molar-refractivity contribution in [3.8, 4) is 22.5 Å². The second kappa shape index (κ2) is 11.0. The molecule has 4 atom stereocenters. The van der Waals surface area contributed by atoms with Crippen LogP contribution in [0.4, 0.5) is 0 Å². The fourth-order valence-electron chi connectivity index (χ4n) is 6.44. The van der Waals surface area contributed by atoms with E-state index in [1.807, 2.05) is 10.7 Å². The van der Waals surface area contributed by atoms with E-state index in [2.05, 4.69) is 93.6 Å². The summed E-state index contributed by atoms with van der Waals surface area (Å²) in [5, 5.41) is 15.2. The van der Waals surface area contributed by atoms with E-state index in [-0.39, 0.29) is 24.3 Å². The summed E-state index contributed by atoms with van der Waals surface area (Å²) in [5.41, 5.74) is 6.17. The zero-order valence-electron chi connectivity index (χ0n) is 22.2. The summed E-state index contributed by atoms with van der Waals surface area (Å²) in [6.45, 7) is 5.70. The van der Waals surface area contributed by atoms with Crippen LogP contribution in [0.3, 0.4) is 0 Å². The molecule has 0 bridgehead atoms. The van der Waals surface area contributed by atoms with Crippen LogP contribution in [-0.4, -0.2) is 64.8 Å². The summed E-state index contributed by atoms with van der Waals surface area (Å²) < 4.78 is 14.6.